The predicted octanol–water partition coefficient (Wildman–Crippen LogP) is 9.53. The minimum Gasteiger partial charge on any atom is -0.481 e. The highest BCUT2D eigenvalue weighted by Gasteiger charge is 2.36. The Bertz CT molecular complexity index is 1140. The zero-order valence-electron chi connectivity index (χ0n) is 26.5. The molecule has 1 aromatic heterocycles. The van der Waals surface area contributed by atoms with E-state index < -0.39 is 17.3 Å². The third-order valence-electron chi connectivity index (χ3n) is 8.41. The Morgan fingerprint density at radius 2 is 1.80 bits per heavy atom. The number of carbonyl (C=O) groups is 1. The number of nitrogens with zero attached hydrogens (tertiary/aromatic N) is 2. The van der Waals surface area contributed by atoms with Crippen LogP contribution in [0.15, 0.2) is 36.1 Å². The highest BCUT2D eigenvalue weighted by atomic mass is 35.5. The van der Waals surface area contributed by atoms with E-state index in [9.17, 15) is 13.6 Å². The summed E-state index contributed by atoms with van der Waals surface area (Å²) in [6.07, 6.45) is 5.69. The summed E-state index contributed by atoms with van der Waals surface area (Å²) in [5.74, 6) is -2.94. The third kappa shape index (κ3) is 10.4. The molecular formula is C33H50ClF2N3O2. The van der Waals surface area contributed by atoms with Gasteiger partial charge < -0.3 is 15.4 Å². The van der Waals surface area contributed by atoms with E-state index in [0.717, 1.165) is 73.6 Å². The Hall–Kier alpha value is -2.54. The van der Waals surface area contributed by atoms with Crippen LogP contribution in [0.4, 0.5) is 8.78 Å². The summed E-state index contributed by atoms with van der Waals surface area (Å²) in [7, 11) is 0. The van der Waals surface area contributed by atoms with Crippen LogP contribution in [0.5, 0.6) is 0 Å². The summed E-state index contributed by atoms with van der Waals surface area (Å²) in [5.41, 5.74) is 3.06. The highest BCUT2D eigenvalue weighted by molar-refractivity contribution is 6.31. The zero-order chi connectivity index (χ0) is 31.9. The summed E-state index contributed by atoms with van der Waals surface area (Å²) in [6, 6.07) is 1.94. The molecule has 0 radical (unpaired) electrons. The quantitative estimate of drug-likeness (QED) is 0.152. The lowest BCUT2D eigenvalue weighted by Crippen LogP contribution is -2.35. The highest BCUT2D eigenvalue weighted by Crippen LogP contribution is 2.38. The number of nitrogens with one attached hydrogen (secondary N) is 1. The maximum Gasteiger partial charge on any atom is 0.309 e. The van der Waals surface area contributed by atoms with Gasteiger partial charge in [0.05, 0.1) is 5.41 Å². The average Bonchev–Trinajstić information content (AvgIpc) is 2.84. The van der Waals surface area contributed by atoms with Crippen LogP contribution in [0.3, 0.4) is 0 Å². The Kier molecular flexibility index (Phi) is 13.0. The van der Waals surface area contributed by atoms with Crippen molar-refractivity contribution in [1.82, 2.24) is 9.88 Å². The minimum absolute atomic E-state index is 0.0939. The van der Waals surface area contributed by atoms with Gasteiger partial charge in [0.2, 0.25) is 0 Å². The number of aliphatic carboxylic acids is 1. The summed E-state index contributed by atoms with van der Waals surface area (Å²) in [4.78, 5) is 17.0. The standard InChI is InChI=1S/C24H34ClF2N3.C9H16O2/c1-10-23(7,8)14-30(19(6)20(12-28)18(5)24(9,26)27)13-16(3)21-15(2)11-17(4)29-22(21)25;1-7-3-5-9(2,6-4-7)8(10)11/h11-12,28H,3,6,10,13-14H2,1-2,4-5,7-9H3;7H,3-6H2,1-2H3,(H,10,11)/b20-18-,28-12?;. The van der Waals surface area contributed by atoms with Gasteiger partial charge in [-0.15, -0.1) is 0 Å². The molecule has 1 aliphatic rings. The van der Waals surface area contributed by atoms with Crippen molar-refractivity contribution in [3.05, 3.63) is 58.0 Å². The molecule has 41 heavy (non-hydrogen) atoms. The lowest BCUT2D eigenvalue weighted by Gasteiger charge is -2.36. The molecule has 2 N–H and O–H groups in total. The normalized spacial score (nSPS) is 19.9. The van der Waals surface area contributed by atoms with Gasteiger partial charge in [-0.05, 0) is 88.3 Å². The van der Waals surface area contributed by atoms with E-state index >= 15 is 0 Å². The molecule has 0 aromatic carbocycles. The SMILES string of the molecule is C=C(CN(CC(C)(C)CC)C(=C)/C(C=N)=C(/C)C(C)(F)F)c1c(C)cc(C)nc1Cl.CC1CCC(C)(C(=O)O)CC1. The summed E-state index contributed by atoms with van der Waals surface area (Å²) >= 11 is 6.40. The molecule has 0 amide bonds. The van der Waals surface area contributed by atoms with Crippen molar-refractivity contribution in [2.24, 2.45) is 16.7 Å². The Labute approximate surface area is 251 Å². The number of rotatable bonds is 11. The zero-order valence-corrected chi connectivity index (χ0v) is 27.2. The summed E-state index contributed by atoms with van der Waals surface area (Å²) in [5, 5.41) is 17.0. The Morgan fingerprint density at radius 1 is 1.27 bits per heavy atom. The summed E-state index contributed by atoms with van der Waals surface area (Å²) < 4.78 is 28.0. The number of hydrogen-bond donors (Lipinski definition) is 2. The van der Waals surface area contributed by atoms with Crippen LogP contribution in [0.2, 0.25) is 5.15 Å². The molecule has 230 valence electrons. The molecule has 0 spiro atoms. The Balaban J connectivity index is 0.000000634. The van der Waals surface area contributed by atoms with Crippen molar-refractivity contribution in [1.29, 1.82) is 5.41 Å². The molecule has 8 heteroatoms. The first-order valence-electron chi connectivity index (χ1n) is 14.3. The maximum absolute atomic E-state index is 14.0. The van der Waals surface area contributed by atoms with Crippen LogP contribution < -0.4 is 0 Å². The second-order valence-electron chi connectivity index (χ2n) is 12.8. The van der Waals surface area contributed by atoms with Crippen molar-refractivity contribution >= 4 is 29.4 Å². The smallest absolute Gasteiger partial charge is 0.309 e. The van der Waals surface area contributed by atoms with Crippen LogP contribution in [-0.2, 0) is 4.79 Å². The van der Waals surface area contributed by atoms with Gasteiger partial charge in [-0.2, -0.15) is 0 Å². The van der Waals surface area contributed by atoms with Crippen molar-refractivity contribution < 1.29 is 18.7 Å². The molecule has 5 nitrogen and oxygen atoms in total. The van der Waals surface area contributed by atoms with Crippen molar-refractivity contribution in [2.75, 3.05) is 13.1 Å². The predicted molar refractivity (Wildman–Crippen MR) is 168 cm³/mol. The topological polar surface area (TPSA) is 77.3 Å². The fourth-order valence-electron chi connectivity index (χ4n) is 4.83. The number of hydrogen-bond acceptors (Lipinski definition) is 4. The monoisotopic (exact) mass is 593 g/mol. The van der Waals surface area contributed by atoms with E-state index in [1.807, 2.05) is 31.7 Å². The van der Waals surface area contributed by atoms with Gasteiger partial charge in [0.25, 0.3) is 5.92 Å². The van der Waals surface area contributed by atoms with Crippen LogP contribution >= 0.6 is 11.6 Å². The number of alkyl halides is 2. The fourth-order valence-corrected chi connectivity index (χ4v) is 5.24. The molecular weight excluding hydrogens is 544 g/mol. The number of carboxylic acid groups (broad SMARTS) is 1. The molecule has 1 saturated carbocycles. The number of allylic oxidation sites excluding steroid dienone is 2. The molecule has 0 atom stereocenters. The first-order chi connectivity index (χ1) is 18.7. The average molecular weight is 594 g/mol. The Morgan fingerprint density at radius 3 is 2.22 bits per heavy atom. The largest absolute Gasteiger partial charge is 0.481 e. The summed E-state index contributed by atoms with van der Waals surface area (Å²) in [6.45, 7) is 25.5. The molecule has 0 saturated heterocycles. The molecule has 1 aromatic rings. The van der Waals surface area contributed by atoms with E-state index in [1.165, 1.54) is 6.92 Å². The fraction of sp³-hybridized carbons (Fsp3) is 0.606. The van der Waals surface area contributed by atoms with Crippen LogP contribution in [0.1, 0.15) is 97.4 Å². The maximum atomic E-state index is 14.0. The van der Waals surface area contributed by atoms with Gasteiger partial charge in [0, 0.05) is 54.3 Å². The first kappa shape index (κ1) is 36.5. The molecule has 1 heterocycles. The second kappa shape index (κ2) is 14.6. The van der Waals surface area contributed by atoms with Crippen LogP contribution in [0.25, 0.3) is 5.57 Å². The molecule has 2 rings (SSSR count). The number of pyridine rings is 1. The number of aromatic nitrogens is 1. The van der Waals surface area contributed by atoms with E-state index in [1.54, 1.807) is 0 Å². The van der Waals surface area contributed by atoms with Gasteiger partial charge in [-0.25, -0.2) is 13.8 Å². The molecule has 0 bridgehead atoms. The van der Waals surface area contributed by atoms with Crippen molar-refractivity contribution in [2.45, 2.75) is 100 Å². The molecule has 0 aliphatic heterocycles. The first-order valence-corrected chi connectivity index (χ1v) is 14.7. The number of carboxylic acids is 1. The van der Waals surface area contributed by atoms with Crippen LogP contribution in [-0.4, -0.2) is 46.2 Å². The van der Waals surface area contributed by atoms with E-state index in [4.69, 9.17) is 22.1 Å². The minimum atomic E-state index is -3.04. The van der Waals surface area contributed by atoms with Crippen molar-refractivity contribution in [3.8, 4) is 0 Å². The van der Waals surface area contributed by atoms with Gasteiger partial charge >= 0.3 is 5.97 Å². The number of halogens is 3. The van der Waals surface area contributed by atoms with Gasteiger partial charge in [0.1, 0.15) is 5.15 Å². The van der Waals surface area contributed by atoms with E-state index in [0.29, 0.717) is 23.9 Å². The number of aryl methyl sites for hydroxylation is 2. The molecule has 1 fully saturated rings. The second-order valence-corrected chi connectivity index (χ2v) is 13.1. The van der Waals surface area contributed by atoms with E-state index in [-0.39, 0.29) is 16.6 Å². The van der Waals surface area contributed by atoms with E-state index in [2.05, 4.69) is 45.8 Å². The van der Waals surface area contributed by atoms with Gasteiger partial charge in [0.15, 0.2) is 0 Å². The van der Waals surface area contributed by atoms with Gasteiger partial charge in [-0.1, -0.05) is 52.5 Å². The molecule has 1 aliphatic carbocycles. The van der Waals surface area contributed by atoms with Crippen LogP contribution in [0, 0.1) is 36.0 Å². The molecule has 0 unspecified atom stereocenters. The lowest BCUT2D eigenvalue weighted by atomic mass is 9.72. The lowest BCUT2D eigenvalue weighted by molar-refractivity contribution is -0.150. The van der Waals surface area contributed by atoms with Crippen molar-refractivity contribution in [3.63, 3.8) is 0 Å². The third-order valence-corrected chi connectivity index (χ3v) is 8.68. The van der Waals surface area contributed by atoms with Gasteiger partial charge in [-0.3, -0.25) is 4.79 Å².